The molecule has 0 radical (unpaired) electrons. The van der Waals surface area contributed by atoms with Crippen LogP contribution in [0, 0.1) is 20.2 Å². The van der Waals surface area contributed by atoms with E-state index in [9.17, 15) is 20.2 Å². The molecule has 20 heavy (non-hydrogen) atoms. The zero-order valence-corrected chi connectivity index (χ0v) is 9.70. The molecular weight excluding hydrogens is 272 g/mol. The summed E-state index contributed by atoms with van der Waals surface area (Å²) in [6.45, 7) is 0. The van der Waals surface area contributed by atoms with Crippen molar-refractivity contribution in [3.8, 4) is 11.5 Å². The van der Waals surface area contributed by atoms with Crippen molar-refractivity contribution in [2.45, 2.75) is 0 Å². The Labute approximate surface area is 112 Å². The second kappa shape index (κ2) is 6.58. The van der Waals surface area contributed by atoms with Gasteiger partial charge in [0.15, 0.2) is 0 Å². The number of hydrogen-bond donors (Lipinski definition) is 2. The van der Waals surface area contributed by atoms with Crippen molar-refractivity contribution in [2.24, 2.45) is 0 Å². The molecule has 2 aromatic heterocycles. The molecule has 104 valence electrons. The van der Waals surface area contributed by atoms with E-state index in [2.05, 4.69) is 9.97 Å². The van der Waals surface area contributed by atoms with Crippen LogP contribution in [-0.4, -0.2) is 30.0 Å². The largest absolute Gasteiger partial charge is 0.501 e. The fourth-order valence-corrected chi connectivity index (χ4v) is 1.01. The van der Waals surface area contributed by atoms with Crippen LogP contribution in [0.2, 0.25) is 0 Å². The summed E-state index contributed by atoms with van der Waals surface area (Å²) in [7, 11) is 0. The number of nitro groups is 2. The van der Waals surface area contributed by atoms with E-state index in [-0.39, 0.29) is 6.17 Å². The lowest BCUT2D eigenvalue weighted by Crippen LogP contribution is -1.90. The van der Waals surface area contributed by atoms with Crippen molar-refractivity contribution < 1.29 is 21.4 Å². The van der Waals surface area contributed by atoms with Gasteiger partial charge in [0.2, 0.25) is 11.5 Å². The molecule has 0 aliphatic heterocycles. The van der Waals surface area contributed by atoms with Gasteiger partial charge >= 0.3 is 11.6 Å². The van der Waals surface area contributed by atoms with Crippen LogP contribution in [0.1, 0.15) is 1.37 Å². The van der Waals surface area contributed by atoms with Crippen LogP contribution in [0.4, 0.5) is 11.6 Å². The third-order valence-electron chi connectivity index (χ3n) is 1.83. The fourth-order valence-electron chi connectivity index (χ4n) is 1.01. The summed E-state index contributed by atoms with van der Waals surface area (Å²) in [6.07, 6.45) is 1.01. The van der Waals surface area contributed by atoms with Crippen molar-refractivity contribution in [1.29, 1.82) is 0 Å². The maximum Gasteiger partial charge on any atom is 0.405 e. The van der Waals surface area contributed by atoms with Crippen LogP contribution in [0.3, 0.4) is 0 Å². The van der Waals surface area contributed by atoms with Gasteiger partial charge in [-0.05, 0) is 44.1 Å². The van der Waals surface area contributed by atoms with E-state index < -0.39 is 33.0 Å². The second-order valence-electron chi connectivity index (χ2n) is 3.14. The molecule has 0 saturated carbocycles. The van der Waals surface area contributed by atoms with Crippen molar-refractivity contribution in [3.05, 3.63) is 56.9 Å². The molecule has 0 unspecified atom stereocenters. The van der Waals surface area contributed by atoms with Gasteiger partial charge in [-0.3, -0.25) is 0 Å². The molecule has 0 amide bonds. The van der Waals surface area contributed by atoms with Crippen molar-refractivity contribution in [1.82, 2.24) is 9.97 Å². The Morgan fingerprint density at radius 3 is 1.95 bits per heavy atom. The van der Waals surface area contributed by atoms with Crippen molar-refractivity contribution in [3.63, 3.8) is 0 Å². The molecule has 0 aliphatic rings. The number of rotatable bonds is 2. The molecule has 0 atom stereocenters. The van der Waals surface area contributed by atoms with E-state index in [1.165, 1.54) is 24.4 Å². The quantitative estimate of drug-likeness (QED) is 0.618. The lowest BCUT2D eigenvalue weighted by Gasteiger charge is -1.91. The van der Waals surface area contributed by atoms with Crippen molar-refractivity contribution in [2.75, 3.05) is 0 Å². The lowest BCUT2D eigenvalue weighted by atomic mass is 10.4. The minimum absolute atomic E-state index is 0.241. The molecule has 10 nitrogen and oxygen atoms in total. The van der Waals surface area contributed by atoms with Crippen LogP contribution in [-0.2, 0) is 0 Å². The second-order valence-corrected chi connectivity index (χ2v) is 3.14. The predicted octanol–water partition coefficient (Wildman–Crippen LogP) is 1.39. The van der Waals surface area contributed by atoms with E-state index in [4.69, 9.17) is 11.6 Å². The number of aromatic hydroxyl groups is 2. The van der Waals surface area contributed by atoms with E-state index in [1.807, 2.05) is 0 Å². The van der Waals surface area contributed by atoms with Gasteiger partial charge in [-0.1, -0.05) is 0 Å². The molecule has 10 heteroatoms. The first-order valence-electron chi connectivity index (χ1n) is 5.42. The average Bonchev–Trinajstić information content (AvgIpc) is 2.42. The molecule has 0 aliphatic carbocycles. The summed E-state index contributed by atoms with van der Waals surface area (Å²) >= 11 is 0. The zero-order valence-electron chi connectivity index (χ0n) is 10.7. The Kier molecular flexibility index (Phi) is 4.33. The first-order valence-corrected chi connectivity index (χ1v) is 4.92. The van der Waals surface area contributed by atoms with Gasteiger partial charge < -0.3 is 30.4 Å². The molecule has 2 rings (SSSR count). The van der Waals surface area contributed by atoms with Crippen molar-refractivity contribution >= 4 is 11.6 Å². The minimum atomic E-state index is -0.840. The summed E-state index contributed by atoms with van der Waals surface area (Å²) < 4.78 is 6.90. The highest BCUT2D eigenvalue weighted by Gasteiger charge is 2.11. The van der Waals surface area contributed by atoms with E-state index in [0.29, 0.717) is 0 Å². The van der Waals surface area contributed by atoms with Gasteiger partial charge in [0.05, 0.1) is 0 Å². The smallest absolute Gasteiger partial charge is 0.405 e. The fraction of sp³-hybridized carbons (Fsp3) is 0. The Morgan fingerprint density at radius 1 is 1.00 bits per heavy atom. The SMILES string of the molecule is O=[N+]([O-])c1ncccc1O.[2H]c1ccc(O)c([N+](=O)[O-])n1. The summed E-state index contributed by atoms with van der Waals surface area (Å²) in [5, 5.41) is 37.7. The maximum atomic E-state index is 10.1. The molecule has 0 bridgehead atoms. The Hall–Kier alpha value is -3.30. The van der Waals surface area contributed by atoms with Crippen LogP contribution >= 0.6 is 0 Å². The van der Waals surface area contributed by atoms with Gasteiger partial charge in [0.25, 0.3) is 0 Å². The van der Waals surface area contributed by atoms with Gasteiger partial charge in [-0.15, -0.1) is 0 Å². The van der Waals surface area contributed by atoms with E-state index in [0.717, 1.165) is 6.07 Å². The highest BCUT2D eigenvalue weighted by Crippen LogP contribution is 2.20. The molecule has 0 aromatic carbocycles. The zero-order chi connectivity index (χ0) is 16.0. The summed E-state index contributed by atoms with van der Waals surface area (Å²) in [6, 6.07) is 4.86. The summed E-state index contributed by atoms with van der Waals surface area (Å²) in [4.78, 5) is 25.0. The first kappa shape index (κ1) is 13.1. The number of pyridine rings is 2. The van der Waals surface area contributed by atoms with E-state index in [1.54, 1.807) is 0 Å². The third kappa shape index (κ3) is 3.87. The van der Waals surface area contributed by atoms with Crippen LogP contribution in [0.5, 0.6) is 11.5 Å². The predicted molar refractivity (Wildman–Crippen MR) is 65.1 cm³/mol. The number of hydrogen-bond acceptors (Lipinski definition) is 8. The van der Waals surface area contributed by atoms with Gasteiger partial charge in [0.1, 0.15) is 13.7 Å². The highest BCUT2D eigenvalue weighted by atomic mass is 16.6. The Morgan fingerprint density at radius 2 is 1.50 bits per heavy atom. The molecule has 2 N–H and O–H groups in total. The monoisotopic (exact) mass is 281 g/mol. The third-order valence-corrected chi connectivity index (χ3v) is 1.83. The van der Waals surface area contributed by atoms with Crippen LogP contribution in [0.15, 0.2) is 36.6 Å². The Bertz CT molecular complexity index is 680. The highest BCUT2D eigenvalue weighted by molar-refractivity contribution is 5.37. The van der Waals surface area contributed by atoms with E-state index >= 15 is 0 Å². The topological polar surface area (TPSA) is 153 Å². The molecular formula is C10H8N4O6. The lowest BCUT2D eigenvalue weighted by molar-refractivity contribution is -0.390. The maximum absolute atomic E-state index is 10.1. The number of nitrogens with zero attached hydrogens (tertiary/aromatic N) is 4. The molecule has 0 saturated heterocycles. The standard InChI is InChI=1S/2C5H4N2O3/c2*8-4-2-1-3-6-5(4)7(9)10/h2*1-3,8H/i3D;. The van der Waals surface area contributed by atoms with Gasteiger partial charge in [-0.25, -0.2) is 0 Å². The molecule has 0 spiro atoms. The number of aromatic nitrogens is 2. The molecule has 2 aromatic rings. The average molecular weight is 281 g/mol. The minimum Gasteiger partial charge on any atom is -0.501 e. The van der Waals surface area contributed by atoms with Gasteiger partial charge in [0, 0.05) is 0 Å². The normalized spacial score (nSPS) is 9.90. The summed E-state index contributed by atoms with van der Waals surface area (Å²) in [5.41, 5.74) is 0. The van der Waals surface area contributed by atoms with Gasteiger partial charge in [-0.2, -0.15) is 0 Å². The Balaban J connectivity index is 0.000000211. The van der Waals surface area contributed by atoms with Crippen LogP contribution in [0.25, 0.3) is 0 Å². The summed E-state index contributed by atoms with van der Waals surface area (Å²) in [5.74, 6) is -2.13. The van der Waals surface area contributed by atoms with Crippen LogP contribution < -0.4 is 0 Å². The molecule has 0 fully saturated rings. The first-order chi connectivity index (χ1) is 9.82. The molecule has 2 heterocycles.